The molecule has 2 heterocycles. The first-order valence-corrected chi connectivity index (χ1v) is 5.79. The molecular weight excluding hydrogens is 255 g/mol. The largest absolute Gasteiger partial charge is 0.381 e. The number of hydrogen-bond acceptors (Lipinski definition) is 2. The third kappa shape index (κ3) is 2.54. The van der Waals surface area contributed by atoms with Gasteiger partial charge in [-0.25, -0.2) is 0 Å². The van der Waals surface area contributed by atoms with Gasteiger partial charge in [0.25, 0.3) is 0 Å². The number of likely N-dealkylation sites (N-methyl/N-ethyl adjacent to an activating group) is 1. The van der Waals surface area contributed by atoms with Crippen molar-refractivity contribution in [2.75, 3.05) is 25.5 Å². The molecule has 1 aromatic rings. The molecule has 0 bridgehead atoms. The topological polar surface area (TPSA) is 15.3 Å². The molecule has 0 saturated carbocycles. The van der Waals surface area contributed by atoms with Crippen molar-refractivity contribution in [2.24, 2.45) is 0 Å². The van der Waals surface area contributed by atoms with Crippen LogP contribution < -0.4 is 5.32 Å². The van der Waals surface area contributed by atoms with E-state index in [1.165, 1.54) is 36.3 Å². The number of fused-ring (bicyclic) bond motifs is 3. The summed E-state index contributed by atoms with van der Waals surface area (Å²) in [5, 5.41) is 3.66. The molecule has 1 fully saturated rings. The molecule has 2 aliphatic heterocycles. The summed E-state index contributed by atoms with van der Waals surface area (Å²) in [6, 6.07) is 7.47. The van der Waals surface area contributed by atoms with Crippen LogP contribution in [-0.4, -0.2) is 31.1 Å². The van der Waals surface area contributed by atoms with Crippen molar-refractivity contribution >= 4 is 30.5 Å². The van der Waals surface area contributed by atoms with Gasteiger partial charge in [-0.15, -0.1) is 24.8 Å². The molecule has 3 rings (SSSR count). The Bertz CT molecular complexity index is 395. The van der Waals surface area contributed by atoms with Crippen LogP contribution in [0.3, 0.4) is 0 Å². The van der Waals surface area contributed by atoms with E-state index in [9.17, 15) is 0 Å². The predicted octanol–water partition coefficient (Wildman–Crippen LogP) is 3.05. The van der Waals surface area contributed by atoms with Gasteiger partial charge in [-0.3, -0.25) is 0 Å². The lowest BCUT2D eigenvalue weighted by Gasteiger charge is -2.32. The Morgan fingerprint density at radius 1 is 1.29 bits per heavy atom. The molecule has 17 heavy (non-hydrogen) atoms. The predicted molar refractivity (Wildman–Crippen MR) is 77.9 cm³/mol. The van der Waals surface area contributed by atoms with Crippen LogP contribution in [0.1, 0.15) is 23.5 Å². The fourth-order valence-electron chi connectivity index (χ4n) is 2.92. The Kier molecular flexibility index (Phi) is 4.70. The lowest BCUT2D eigenvalue weighted by molar-refractivity contribution is 0.243. The minimum absolute atomic E-state index is 0. The van der Waals surface area contributed by atoms with Gasteiger partial charge in [-0.1, -0.05) is 17.7 Å². The third-order valence-electron chi connectivity index (χ3n) is 3.76. The van der Waals surface area contributed by atoms with Crippen molar-refractivity contribution < 1.29 is 0 Å². The van der Waals surface area contributed by atoms with Gasteiger partial charge in [0.05, 0.1) is 0 Å². The second-order valence-electron chi connectivity index (χ2n) is 5.00. The first kappa shape index (κ1) is 14.6. The Morgan fingerprint density at radius 3 is 2.82 bits per heavy atom. The van der Waals surface area contributed by atoms with E-state index in [2.05, 4.69) is 42.4 Å². The Hall–Kier alpha value is -0.440. The van der Waals surface area contributed by atoms with Gasteiger partial charge < -0.3 is 10.2 Å². The molecule has 0 aliphatic carbocycles. The van der Waals surface area contributed by atoms with Crippen molar-refractivity contribution in [1.29, 1.82) is 0 Å². The van der Waals surface area contributed by atoms with Gasteiger partial charge in [0, 0.05) is 24.2 Å². The Morgan fingerprint density at radius 2 is 2.06 bits per heavy atom. The summed E-state index contributed by atoms with van der Waals surface area (Å²) in [6.07, 6.45) is 1.27. The molecule has 96 valence electrons. The highest BCUT2D eigenvalue weighted by Gasteiger charge is 2.35. The number of likely N-dealkylation sites (tertiary alicyclic amines) is 1. The van der Waals surface area contributed by atoms with E-state index < -0.39 is 0 Å². The highest BCUT2D eigenvalue weighted by Crippen LogP contribution is 2.40. The number of piperidine rings is 1. The standard InChI is InChI=1S/C13H18N2.2ClH/c1-9-3-4-12-10(7-9)11-8-15(2)6-5-13(11)14-12;;/h3-4,7,11,13-14H,5-6,8H2,1-2H3;2*1H/t11-,13-;;/m0../s1. The van der Waals surface area contributed by atoms with E-state index in [-0.39, 0.29) is 24.8 Å². The Labute approximate surface area is 116 Å². The zero-order valence-electron chi connectivity index (χ0n) is 10.3. The van der Waals surface area contributed by atoms with Crippen LogP contribution in [0.25, 0.3) is 0 Å². The van der Waals surface area contributed by atoms with Crippen LogP contribution in [0.15, 0.2) is 18.2 Å². The first-order chi connectivity index (χ1) is 7.24. The van der Waals surface area contributed by atoms with Crippen LogP contribution in [0, 0.1) is 6.92 Å². The number of rotatable bonds is 0. The molecule has 0 aromatic heterocycles. The maximum absolute atomic E-state index is 3.66. The molecule has 0 spiro atoms. The van der Waals surface area contributed by atoms with Gasteiger partial charge in [-0.05, 0) is 38.6 Å². The van der Waals surface area contributed by atoms with Crippen molar-refractivity contribution in [3.05, 3.63) is 29.3 Å². The normalized spacial score (nSPS) is 26.0. The lowest BCUT2D eigenvalue weighted by Crippen LogP contribution is -2.39. The molecule has 2 atom stereocenters. The van der Waals surface area contributed by atoms with E-state index in [0.717, 1.165) is 0 Å². The van der Waals surface area contributed by atoms with Crippen molar-refractivity contribution in [1.82, 2.24) is 4.90 Å². The van der Waals surface area contributed by atoms with Gasteiger partial charge in [0.2, 0.25) is 0 Å². The molecule has 1 saturated heterocycles. The number of anilines is 1. The van der Waals surface area contributed by atoms with E-state index in [4.69, 9.17) is 0 Å². The third-order valence-corrected chi connectivity index (χ3v) is 3.76. The van der Waals surface area contributed by atoms with Crippen LogP contribution >= 0.6 is 24.8 Å². The van der Waals surface area contributed by atoms with Crippen molar-refractivity contribution in [2.45, 2.75) is 25.3 Å². The molecule has 1 aromatic carbocycles. The molecule has 4 heteroatoms. The first-order valence-electron chi connectivity index (χ1n) is 5.79. The lowest BCUT2D eigenvalue weighted by atomic mass is 9.89. The number of halogens is 2. The molecule has 0 unspecified atom stereocenters. The monoisotopic (exact) mass is 274 g/mol. The van der Waals surface area contributed by atoms with E-state index in [1.807, 2.05) is 0 Å². The van der Waals surface area contributed by atoms with Gasteiger partial charge in [0.1, 0.15) is 0 Å². The molecule has 0 amide bonds. The fourth-order valence-corrected chi connectivity index (χ4v) is 2.92. The highest BCUT2D eigenvalue weighted by molar-refractivity contribution is 5.85. The Balaban J connectivity index is 0.000000722. The fraction of sp³-hybridized carbons (Fsp3) is 0.538. The number of nitrogens with zero attached hydrogens (tertiary/aromatic N) is 1. The van der Waals surface area contributed by atoms with E-state index in [0.29, 0.717) is 12.0 Å². The summed E-state index contributed by atoms with van der Waals surface area (Å²) >= 11 is 0. The average Bonchev–Trinajstić information content (AvgIpc) is 2.56. The van der Waals surface area contributed by atoms with Crippen molar-refractivity contribution in [3.8, 4) is 0 Å². The molecule has 2 aliphatic rings. The van der Waals surface area contributed by atoms with Gasteiger partial charge >= 0.3 is 0 Å². The molecule has 2 nitrogen and oxygen atoms in total. The SMILES string of the molecule is Cc1ccc2c(c1)[C@@H]1CN(C)CC[C@@H]1N2.Cl.Cl. The zero-order chi connectivity index (χ0) is 10.4. The minimum atomic E-state index is 0. The van der Waals surface area contributed by atoms with Crippen LogP contribution in [-0.2, 0) is 0 Å². The average molecular weight is 275 g/mol. The summed E-state index contributed by atoms with van der Waals surface area (Å²) in [5.74, 6) is 0.707. The summed E-state index contributed by atoms with van der Waals surface area (Å²) in [4.78, 5) is 2.44. The quantitative estimate of drug-likeness (QED) is 0.783. The zero-order valence-corrected chi connectivity index (χ0v) is 11.9. The number of aryl methyl sites for hydroxylation is 1. The number of benzene rings is 1. The number of hydrogen-bond donors (Lipinski definition) is 1. The van der Waals surface area contributed by atoms with Gasteiger partial charge in [0.15, 0.2) is 0 Å². The van der Waals surface area contributed by atoms with Crippen molar-refractivity contribution in [3.63, 3.8) is 0 Å². The van der Waals surface area contributed by atoms with Crippen LogP contribution in [0.5, 0.6) is 0 Å². The maximum atomic E-state index is 3.66. The summed E-state index contributed by atoms with van der Waals surface area (Å²) < 4.78 is 0. The summed E-state index contributed by atoms with van der Waals surface area (Å²) in [7, 11) is 2.23. The van der Waals surface area contributed by atoms with Gasteiger partial charge in [-0.2, -0.15) is 0 Å². The summed E-state index contributed by atoms with van der Waals surface area (Å²) in [6.45, 7) is 4.61. The van der Waals surface area contributed by atoms with Crippen LogP contribution in [0.2, 0.25) is 0 Å². The van der Waals surface area contributed by atoms with Crippen LogP contribution in [0.4, 0.5) is 5.69 Å². The highest BCUT2D eigenvalue weighted by atomic mass is 35.5. The molecule has 0 radical (unpaired) electrons. The maximum Gasteiger partial charge on any atom is 0.0379 e. The smallest absolute Gasteiger partial charge is 0.0379 e. The minimum Gasteiger partial charge on any atom is -0.381 e. The second-order valence-corrected chi connectivity index (χ2v) is 5.00. The van der Waals surface area contributed by atoms with E-state index in [1.54, 1.807) is 0 Å². The summed E-state index contributed by atoms with van der Waals surface area (Å²) in [5.41, 5.74) is 4.28. The van der Waals surface area contributed by atoms with E-state index >= 15 is 0 Å². The molecule has 1 N–H and O–H groups in total. The second kappa shape index (κ2) is 5.47. The number of nitrogens with one attached hydrogen (secondary N) is 1. The molecular formula is C13H20Cl2N2.